The second kappa shape index (κ2) is 6.93. The fourth-order valence-corrected chi connectivity index (χ4v) is 1.80. The van der Waals surface area contributed by atoms with Gasteiger partial charge in [-0.05, 0) is 13.0 Å². The van der Waals surface area contributed by atoms with Crippen molar-refractivity contribution in [1.29, 1.82) is 0 Å². The van der Waals surface area contributed by atoms with Crippen molar-refractivity contribution in [3.05, 3.63) is 40.6 Å². The number of aromatic nitrogens is 1. The van der Waals surface area contributed by atoms with Gasteiger partial charge in [0.25, 0.3) is 0 Å². The minimum atomic E-state index is -1.13. The number of thiazole rings is 1. The summed E-state index contributed by atoms with van der Waals surface area (Å²) >= 11 is 1.24. The number of aliphatic hydroxyl groups excluding tert-OH is 2. The van der Waals surface area contributed by atoms with E-state index in [2.05, 4.69) is 11.6 Å². The summed E-state index contributed by atoms with van der Waals surface area (Å²) in [5.41, 5.74) is -0.0466. The normalized spacial score (nSPS) is 13.1. The summed E-state index contributed by atoms with van der Waals surface area (Å²) in [4.78, 5) is 15.4. The van der Waals surface area contributed by atoms with Crippen molar-refractivity contribution in [2.75, 3.05) is 6.61 Å². The van der Waals surface area contributed by atoms with Crippen LogP contribution in [0.2, 0.25) is 0 Å². The number of nitrogens with zero attached hydrogens (tertiary/aromatic N) is 1. The zero-order valence-corrected chi connectivity index (χ0v) is 10.8. The summed E-state index contributed by atoms with van der Waals surface area (Å²) in [5, 5.41) is 20.8. The van der Waals surface area contributed by atoms with E-state index in [0.29, 0.717) is 11.4 Å². The lowest BCUT2D eigenvalue weighted by atomic mass is 10.2. The van der Waals surface area contributed by atoms with E-state index in [1.165, 1.54) is 30.5 Å². The Balaban J connectivity index is 2.42. The number of carbonyl (C=O) groups excluding carboxylic acids is 1. The fraction of sp³-hybridized carbons (Fsp3) is 0.333. The monoisotopic (exact) mass is 269 g/mol. The molecule has 0 saturated heterocycles. The minimum absolute atomic E-state index is 0.0466. The number of rotatable bonds is 6. The third-order valence-corrected chi connectivity index (χ3v) is 2.90. The maximum Gasteiger partial charge on any atom is 0.336 e. The van der Waals surface area contributed by atoms with E-state index in [9.17, 15) is 9.90 Å². The van der Waals surface area contributed by atoms with Crippen LogP contribution in [0.1, 0.15) is 24.5 Å². The van der Waals surface area contributed by atoms with E-state index in [4.69, 9.17) is 9.84 Å². The Bertz CT molecular complexity index is 435. The van der Waals surface area contributed by atoms with Gasteiger partial charge < -0.3 is 14.9 Å². The number of hydrogen-bond donors (Lipinski definition) is 2. The second-order valence-corrected chi connectivity index (χ2v) is 4.49. The third-order valence-electron chi connectivity index (χ3n) is 2.07. The molecule has 5 nitrogen and oxygen atoms in total. The van der Waals surface area contributed by atoms with Gasteiger partial charge in [-0.3, -0.25) is 0 Å². The molecule has 0 aliphatic heterocycles. The van der Waals surface area contributed by atoms with Crippen molar-refractivity contribution < 1.29 is 19.7 Å². The van der Waals surface area contributed by atoms with E-state index in [1.807, 2.05) is 0 Å². The molecule has 1 aromatic heterocycles. The van der Waals surface area contributed by atoms with Crippen molar-refractivity contribution in [1.82, 2.24) is 4.98 Å². The van der Waals surface area contributed by atoms with Crippen LogP contribution in [0.4, 0.5) is 0 Å². The first-order valence-corrected chi connectivity index (χ1v) is 6.19. The lowest BCUT2D eigenvalue weighted by Crippen LogP contribution is -2.14. The Morgan fingerprint density at radius 2 is 2.44 bits per heavy atom. The highest BCUT2D eigenvalue weighted by Crippen LogP contribution is 2.22. The van der Waals surface area contributed by atoms with Crippen LogP contribution < -0.4 is 0 Å². The first-order valence-electron chi connectivity index (χ1n) is 5.31. The average Bonchev–Trinajstić information content (AvgIpc) is 2.86. The maximum atomic E-state index is 11.5. The summed E-state index contributed by atoms with van der Waals surface area (Å²) < 4.78 is 4.90. The first kappa shape index (κ1) is 14.4. The summed E-state index contributed by atoms with van der Waals surface area (Å²) in [6.45, 7) is 5.16. The zero-order valence-electron chi connectivity index (χ0n) is 10.00. The van der Waals surface area contributed by atoms with E-state index in [-0.39, 0.29) is 17.9 Å². The van der Waals surface area contributed by atoms with Crippen LogP contribution >= 0.6 is 11.3 Å². The van der Waals surface area contributed by atoms with E-state index >= 15 is 0 Å². The summed E-state index contributed by atoms with van der Waals surface area (Å²) in [5.74, 6) is -0.491. The fourth-order valence-electron chi connectivity index (χ4n) is 1.14. The lowest BCUT2D eigenvalue weighted by Gasteiger charge is -2.10. The molecule has 1 unspecified atom stereocenters. The molecule has 0 fully saturated rings. The van der Waals surface area contributed by atoms with Crippen LogP contribution in [-0.4, -0.2) is 27.8 Å². The number of allylic oxidation sites excluding steroid dienone is 1. The predicted molar refractivity (Wildman–Crippen MR) is 68.2 cm³/mol. The van der Waals surface area contributed by atoms with Gasteiger partial charge in [0, 0.05) is 18.0 Å². The van der Waals surface area contributed by atoms with E-state index < -0.39 is 12.1 Å². The standard InChI is InChI=1S/C12H15NO4S/c1-8(14)4-3-6-17-12(16)9(2)10(15)11-13-5-7-18-11/h4-5,7,10,14-15H,2-3,6H2,1H3/b8-4-. The highest BCUT2D eigenvalue weighted by molar-refractivity contribution is 7.09. The van der Waals surface area contributed by atoms with Gasteiger partial charge in [-0.15, -0.1) is 11.3 Å². The van der Waals surface area contributed by atoms with Crippen LogP contribution in [0.15, 0.2) is 35.6 Å². The van der Waals surface area contributed by atoms with Gasteiger partial charge in [-0.25, -0.2) is 9.78 Å². The Labute approximate surface area is 109 Å². The van der Waals surface area contributed by atoms with Gasteiger partial charge in [0.1, 0.15) is 11.1 Å². The van der Waals surface area contributed by atoms with Crippen LogP contribution in [0.3, 0.4) is 0 Å². The van der Waals surface area contributed by atoms with Crippen molar-refractivity contribution in [2.24, 2.45) is 0 Å². The largest absolute Gasteiger partial charge is 0.513 e. The van der Waals surface area contributed by atoms with Crippen LogP contribution in [-0.2, 0) is 9.53 Å². The molecule has 0 saturated carbocycles. The molecule has 2 N–H and O–H groups in total. The molecule has 0 aromatic carbocycles. The lowest BCUT2D eigenvalue weighted by molar-refractivity contribution is -0.140. The van der Waals surface area contributed by atoms with Crippen LogP contribution in [0.5, 0.6) is 0 Å². The summed E-state index contributed by atoms with van der Waals surface area (Å²) in [6.07, 6.45) is 2.35. The number of hydrogen-bond acceptors (Lipinski definition) is 6. The molecule has 0 radical (unpaired) electrons. The zero-order chi connectivity index (χ0) is 13.5. The van der Waals surface area contributed by atoms with Gasteiger partial charge in [0.05, 0.1) is 17.9 Å². The Kier molecular flexibility index (Phi) is 5.54. The minimum Gasteiger partial charge on any atom is -0.513 e. The van der Waals surface area contributed by atoms with Gasteiger partial charge in [0.2, 0.25) is 0 Å². The van der Waals surface area contributed by atoms with Crippen molar-refractivity contribution in [3.8, 4) is 0 Å². The van der Waals surface area contributed by atoms with E-state index in [1.54, 1.807) is 5.38 Å². The van der Waals surface area contributed by atoms with Crippen molar-refractivity contribution in [2.45, 2.75) is 19.4 Å². The van der Waals surface area contributed by atoms with E-state index in [0.717, 1.165) is 0 Å². The maximum absolute atomic E-state index is 11.5. The molecule has 98 valence electrons. The second-order valence-electron chi connectivity index (χ2n) is 3.57. The summed E-state index contributed by atoms with van der Waals surface area (Å²) in [6, 6.07) is 0. The molecule has 0 aliphatic carbocycles. The topological polar surface area (TPSA) is 79.7 Å². The van der Waals surface area contributed by atoms with Gasteiger partial charge >= 0.3 is 5.97 Å². The number of esters is 1. The number of aliphatic hydroxyl groups is 2. The van der Waals surface area contributed by atoms with Crippen LogP contribution in [0, 0.1) is 0 Å². The van der Waals surface area contributed by atoms with Crippen LogP contribution in [0.25, 0.3) is 0 Å². The average molecular weight is 269 g/mol. The molecule has 6 heteroatoms. The number of carbonyl (C=O) groups is 1. The van der Waals surface area contributed by atoms with Crippen molar-refractivity contribution >= 4 is 17.3 Å². The molecule has 1 rings (SSSR count). The molecule has 1 aromatic rings. The molecule has 1 heterocycles. The Morgan fingerprint density at radius 3 is 3.00 bits per heavy atom. The Morgan fingerprint density at radius 1 is 1.72 bits per heavy atom. The summed E-state index contributed by atoms with van der Waals surface area (Å²) in [7, 11) is 0. The molecule has 1 atom stereocenters. The first-order chi connectivity index (χ1) is 8.52. The molecule has 0 amide bonds. The quantitative estimate of drug-likeness (QED) is 0.358. The Hall–Kier alpha value is -1.66. The third kappa shape index (κ3) is 4.31. The van der Waals surface area contributed by atoms with Gasteiger partial charge in [-0.1, -0.05) is 6.58 Å². The molecular formula is C12H15NO4S. The molecule has 0 aliphatic rings. The molecule has 18 heavy (non-hydrogen) atoms. The number of ether oxygens (including phenoxy) is 1. The van der Waals surface area contributed by atoms with Gasteiger partial charge in [-0.2, -0.15) is 0 Å². The highest BCUT2D eigenvalue weighted by Gasteiger charge is 2.21. The van der Waals surface area contributed by atoms with Crippen molar-refractivity contribution in [3.63, 3.8) is 0 Å². The highest BCUT2D eigenvalue weighted by atomic mass is 32.1. The van der Waals surface area contributed by atoms with Gasteiger partial charge in [0.15, 0.2) is 0 Å². The molecule has 0 spiro atoms. The molecular weight excluding hydrogens is 254 g/mol. The SMILES string of the molecule is C=C(C(=O)OCC/C=C(/C)O)C(O)c1nccs1. The molecule has 0 bridgehead atoms. The smallest absolute Gasteiger partial charge is 0.336 e. The predicted octanol–water partition coefficient (Wildman–Crippen LogP) is 2.13.